The molecule has 5 nitrogen and oxygen atoms in total. The molecule has 0 spiro atoms. The molecule has 1 aromatic heterocycles. The van der Waals surface area contributed by atoms with Crippen LogP contribution in [0.4, 0.5) is 0 Å². The van der Waals surface area contributed by atoms with Gasteiger partial charge in [-0.05, 0) is 36.6 Å². The zero-order valence-electron chi connectivity index (χ0n) is 15.6. The summed E-state index contributed by atoms with van der Waals surface area (Å²) in [5, 5.41) is 6.39. The van der Waals surface area contributed by atoms with Crippen LogP contribution in [0.1, 0.15) is 48.9 Å². The van der Waals surface area contributed by atoms with E-state index < -0.39 is 0 Å². The number of nitrogens with zero attached hydrogens (tertiary/aromatic N) is 4. The molecule has 2 aromatic carbocycles. The Hall–Kier alpha value is -3.08. The van der Waals surface area contributed by atoms with E-state index in [2.05, 4.69) is 35.1 Å². The second-order valence-corrected chi connectivity index (χ2v) is 6.93. The monoisotopic (exact) mass is 358 g/mol. The summed E-state index contributed by atoms with van der Waals surface area (Å²) in [6, 6.07) is 14.2. The van der Waals surface area contributed by atoms with E-state index in [9.17, 15) is 4.79 Å². The van der Waals surface area contributed by atoms with Gasteiger partial charge in [-0.15, -0.1) is 0 Å². The Morgan fingerprint density at radius 1 is 1.11 bits per heavy atom. The van der Waals surface area contributed by atoms with Crippen LogP contribution in [0.25, 0.3) is 11.0 Å². The van der Waals surface area contributed by atoms with Crippen LogP contribution in [-0.2, 0) is 4.79 Å². The van der Waals surface area contributed by atoms with Gasteiger partial charge in [0.2, 0.25) is 5.91 Å². The number of aromatic nitrogens is 2. The molecule has 0 saturated carbocycles. The average Bonchev–Trinajstić information content (AvgIpc) is 3.13. The molecule has 1 aliphatic heterocycles. The third kappa shape index (κ3) is 3.45. The first-order valence-electron chi connectivity index (χ1n) is 9.33. The fourth-order valence-electron chi connectivity index (χ4n) is 3.51. The highest BCUT2D eigenvalue weighted by Gasteiger charge is 2.32. The summed E-state index contributed by atoms with van der Waals surface area (Å²) in [7, 11) is 0. The number of benzene rings is 2. The van der Waals surface area contributed by atoms with E-state index in [0.29, 0.717) is 12.8 Å². The highest BCUT2D eigenvalue weighted by Crippen LogP contribution is 2.34. The van der Waals surface area contributed by atoms with Crippen molar-refractivity contribution in [3.8, 4) is 0 Å². The predicted molar refractivity (Wildman–Crippen MR) is 106 cm³/mol. The lowest BCUT2D eigenvalue weighted by atomic mass is 9.97. The van der Waals surface area contributed by atoms with Gasteiger partial charge in [0.05, 0.1) is 22.8 Å². The average molecular weight is 358 g/mol. The summed E-state index contributed by atoms with van der Waals surface area (Å²) in [4.78, 5) is 21.5. The highest BCUT2D eigenvalue weighted by atomic mass is 16.2. The maximum absolute atomic E-state index is 12.7. The molecule has 0 radical (unpaired) electrons. The number of fused-ring (bicyclic) bond motifs is 1. The van der Waals surface area contributed by atoms with Crippen molar-refractivity contribution in [1.29, 1.82) is 0 Å². The molecule has 0 unspecified atom stereocenters. The van der Waals surface area contributed by atoms with Crippen molar-refractivity contribution < 1.29 is 4.79 Å². The molecule has 0 aliphatic carbocycles. The first-order valence-corrected chi connectivity index (χ1v) is 9.33. The Labute approximate surface area is 158 Å². The topological polar surface area (TPSA) is 58.5 Å². The lowest BCUT2D eigenvalue weighted by molar-refractivity contribution is -0.133. The zero-order valence-corrected chi connectivity index (χ0v) is 15.6. The number of aryl methyl sites for hydroxylation is 1. The fourth-order valence-corrected chi connectivity index (χ4v) is 3.51. The quantitative estimate of drug-likeness (QED) is 0.694. The van der Waals surface area contributed by atoms with Crippen LogP contribution < -0.4 is 0 Å². The van der Waals surface area contributed by atoms with E-state index in [1.165, 1.54) is 5.56 Å². The van der Waals surface area contributed by atoms with Crippen molar-refractivity contribution in [1.82, 2.24) is 15.0 Å². The molecule has 0 bridgehead atoms. The van der Waals surface area contributed by atoms with Crippen LogP contribution in [-0.4, -0.2) is 26.6 Å². The lowest BCUT2D eigenvalue weighted by Gasteiger charge is -2.22. The van der Waals surface area contributed by atoms with Gasteiger partial charge in [-0.3, -0.25) is 14.8 Å². The number of rotatable bonds is 4. The summed E-state index contributed by atoms with van der Waals surface area (Å²) in [6.07, 6.45) is 5.38. The largest absolute Gasteiger partial charge is 0.273 e. The Kier molecular flexibility index (Phi) is 4.67. The fraction of sp³-hybridized carbons (Fsp3) is 0.273. The summed E-state index contributed by atoms with van der Waals surface area (Å²) in [6.45, 7) is 4.08. The number of amides is 1. The Morgan fingerprint density at radius 3 is 2.70 bits per heavy atom. The van der Waals surface area contributed by atoms with Crippen LogP contribution in [0, 0.1) is 6.92 Å². The zero-order chi connectivity index (χ0) is 18.8. The SMILES string of the molecule is CCCC(=O)N1N=C(c2cccc(C)c2)C[C@@H]1c1ccc2nccnc2c1. The van der Waals surface area contributed by atoms with E-state index in [-0.39, 0.29) is 11.9 Å². The summed E-state index contributed by atoms with van der Waals surface area (Å²) < 4.78 is 0. The van der Waals surface area contributed by atoms with Crippen LogP contribution in [0.2, 0.25) is 0 Å². The first-order chi connectivity index (χ1) is 13.2. The molecule has 0 N–H and O–H groups in total. The van der Waals surface area contributed by atoms with Gasteiger partial charge < -0.3 is 0 Å². The third-order valence-electron chi connectivity index (χ3n) is 4.86. The molecular formula is C22H22N4O. The number of hydrazone groups is 1. The maximum atomic E-state index is 12.7. The molecule has 1 amide bonds. The Balaban J connectivity index is 1.72. The molecule has 0 saturated heterocycles. The minimum Gasteiger partial charge on any atom is -0.273 e. The lowest BCUT2D eigenvalue weighted by Crippen LogP contribution is -2.26. The smallest absolute Gasteiger partial charge is 0.243 e. The number of hydrogen-bond acceptors (Lipinski definition) is 4. The number of hydrogen-bond donors (Lipinski definition) is 0. The molecule has 2 heterocycles. The number of carbonyl (C=O) groups is 1. The highest BCUT2D eigenvalue weighted by molar-refractivity contribution is 6.03. The van der Waals surface area contributed by atoms with E-state index in [1.54, 1.807) is 17.4 Å². The van der Waals surface area contributed by atoms with Crippen molar-refractivity contribution in [2.75, 3.05) is 0 Å². The number of carbonyl (C=O) groups excluding carboxylic acids is 1. The van der Waals surface area contributed by atoms with Crippen molar-refractivity contribution in [2.45, 2.75) is 39.2 Å². The molecule has 1 atom stereocenters. The summed E-state index contributed by atoms with van der Waals surface area (Å²) in [5.74, 6) is 0.0596. The van der Waals surface area contributed by atoms with Crippen LogP contribution in [0.15, 0.2) is 60.0 Å². The summed E-state index contributed by atoms with van der Waals surface area (Å²) >= 11 is 0. The minimum absolute atomic E-state index is 0.0596. The third-order valence-corrected chi connectivity index (χ3v) is 4.86. The molecule has 1 aliphatic rings. The van der Waals surface area contributed by atoms with Crippen molar-refractivity contribution >= 4 is 22.7 Å². The molecule has 3 aromatic rings. The Bertz CT molecular complexity index is 1030. The first kappa shape index (κ1) is 17.3. The van der Waals surface area contributed by atoms with Gasteiger partial charge in [-0.1, -0.05) is 42.8 Å². The van der Waals surface area contributed by atoms with Gasteiger partial charge in [-0.2, -0.15) is 5.10 Å². The van der Waals surface area contributed by atoms with Gasteiger partial charge in [0.15, 0.2) is 0 Å². The van der Waals surface area contributed by atoms with Gasteiger partial charge in [-0.25, -0.2) is 5.01 Å². The molecule has 0 fully saturated rings. The summed E-state index contributed by atoms with van der Waals surface area (Å²) in [5.41, 5.74) is 5.94. The Morgan fingerprint density at radius 2 is 1.93 bits per heavy atom. The minimum atomic E-state index is -0.106. The van der Waals surface area contributed by atoms with Gasteiger partial charge in [0, 0.05) is 25.2 Å². The van der Waals surface area contributed by atoms with E-state index in [1.807, 2.05) is 31.2 Å². The van der Waals surface area contributed by atoms with Gasteiger partial charge in [0.1, 0.15) is 0 Å². The molecular weight excluding hydrogens is 336 g/mol. The second kappa shape index (κ2) is 7.27. The van der Waals surface area contributed by atoms with Crippen molar-refractivity contribution in [3.05, 3.63) is 71.5 Å². The molecule has 5 heteroatoms. The predicted octanol–water partition coefficient (Wildman–Crippen LogP) is 4.42. The van der Waals surface area contributed by atoms with Gasteiger partial charge in [0.25, 0.3) is 0 Å². The normalized spacial score (nSPS) is 16.6. The van der Waals surface area contributed by atoms with E-state index >= 15 is 0 Å². The standard InChI is InChI=1S/C22H22N4O/c1-3-5-22(27)26-21(14-19(25-26)16-7-4-6-15(2)12-16)17-8-9-18-20(13-17)24-11-10-23-18/h4,6-13,21H,3,5,14H2,1-2H3/t21-/m1/s1. The molecule has 136 valence electrons. The van der Waals surface area contributed by atoms with Crippen LogP contribution >= 0.6 is 0 Å². The van der Waals surface area contributed by atoms with Crippen molar-refractivity contribution in [2.24, 2.45) is 5.10 Å². The molecule has 27 heavy (non-hydrogen) atoms. The van der Waals surface area contributed by atoms with Crippen LogP contribution in [0.3, 0.4) is 0 Å². The molecule has 4 rings (SSSR count). The maximum Gasteiger partial charge on any atom is 0.243 e. The van der Waals surface area contributed by atoms with Crippen LogP contribution in [0.5, 0.6) is 0 Å². The van der Waals surface area contributed by atoms with E-state index in [4.69, 9.17) is 5.10 Å². The second-order valence-electron chi connectivity index (χ2n) is 6.93. The van der Waals surface area contributed by atoms with E-state index in [0.717, 1.165) is 34.3 Å². The van der Waals surface area contributed by atoms with Crippen molar-refractivity contribution in [3.63, 3.8) is 0 Å². The van der Waals surface area contributed by atoms with Gasteiger partial charge >= 0.3 is 0 Å².